The number of aromatic nitrogens is 2. The number of piperazine rings is 2. The number of hydrogen-bond donors (Lipinski definition) is 1. The minimum Gasteiger partial charge on any atom is -0.395 e. The van der Waals surface area contributed by atoms with Gasteiger partial charge in [-0.05, 0) is 25.0 Å². The highest BCUT2D eigenvalue weighted by Crippen LogP contribution is 2.19. The Morgan fingerprint density at radius 2 is 1.43 bits per heavy atom. The van der Waals surface area contributed by atoms with E-state index in [4.69, 9.17) is 5.11 Å². The second-order valence-corrected chi connectivity index (χ2v) is 7.63. The zero-order valence-electron chi connectivity index (χ0n) is 17.3. The van der Waals surface area contributed by atoms with E-state index in [0.29, 0.717) is 5.91 Å². The molecule has 0 aliphatic carbocycles. The zero-order valence-corrected chi connectivity index (χ0v) is 17.3. The maximum Gasteiger partial charge on any atom is 0.225 e. The van der Waals surface area contributed by atoms with E-state index in [1.165, 1.54) is 0 Å². The molecular formula is C20H34N6O2. The normalized spacial score (nSPS) is 18.8. The molecule has 0 aromatic carbocycles. The van der Waals surface area contributed by atoms with E-state index in [0.717, 1.165) is 83.4 Å². The summed E-state index contributed by atoms with van der Waals surface area (Å²) in [4.78, 5) is 21.3. The van der Waals surface area contributed by atoms with Crippen molar-refractivity contribution in [2.45, 2.75) is 26.7 Å². The van der Waals surface area contributed by atoms with Gasteiger partial charge >= 0.3 is 0 Å². The number of aliphatic hydroxyl groups excluding tert-OH is 1. The van der Waals surface area contributed by atoms with E-state index in [2.05, 4.69) is 38.7 Å². The van der Waals surface area contributed by atoms with Gasteiger partial charge in [0.15, 0.2) is 11.6 Å². The lowest BCUT2D eigenvalue weighted by atomic mass is 10.0. The van der Waals surface area contributed by atoms with Crippen molar-refractivity contribution >= 4 is 17.5 Å². The van der Waals surface area contributed by atoms with E-state index in [9.17, 15) is 4.79 Å². The van der Waals surface area contributed by atoms with Crippen LogP contribution in [0.5, 0.6) is 0 Å². The Labute approximate surface area is 168 Å². The van der Waals surface area contributed by atoms with Crippen LogP contribution in [0.2, 0.25) is 0 Å². The summed E-state index contributed by atoms with van der Waals surface area (Å²) in [7, 11) is 0. The summed E-state index contributed by atoms with van der Waals surface area (Å²) < 4.78 is 0. The molecule has 0 atom stereocenters. The van der Waals surface area contributed by atoms with Gasteiger partial charge in [0, 0.05) is 64.8 Å². The van der Waals surface area contributed by atoms with Gasteiger partial charge in [-0.2, -0.15) is 0 Å². The monoisotopic (exact) mass is 390 g/mol. The van der Waals surface area contributed by atoms with Gasteiger partial charge in [0.25, 0.3) is 0 Å². The third-order valence-corrected chi connectivity index (χ3v) is 6.00. The molecule has 0 saturated carbocycles. The van der Waals surface area contributed by atoms with Crippen LogP contribution in [-0.4, -0.2) is 96.5 Å². The van der Waals surface area contributed by atoms with Crippen LogP contribution < -0.4 is 9.80 Å². The number of nitrogens with zero attached hydrogens (tertiary/aromatic N) is 6. The fourth-order valence-electron chi connectivity index (χ4n) is 4.05. The van der Waals surface area contributed by atoms with Crippen LogP contribution in [0, 0.1) is 5.92 Å². The molecule has 2 saturated heterocycles. The molecule has 3 heterocycles. The van der Waals surface area contributed by atoms with Crippen LogP contribution in [0.4, 0.5) is 11.6 Å². The Kier molecular flexibility index (Phi) is 7.44. The highest BCUT2D eigenvalue weighted by molar-refractivity contribution is 5.79. The predicted molar refractivity (Wildman–Crippen MR) is 111 cm³/mol. The molecule has 3 rings (SSSR count). The van der Waals surface area contributed by atoms with Gasteiger partial charge < -0.3 is 19.8 Å². The molecule has 8 nitrogen and oxygen atoms in total. The third-order valence-electron chi connectivity index (χ3n) is 6.00. The Balaban J connectivity index is 1.50. The number of anilines is 2. The van der Waals surface area contributed by atoms with Crippen molar-refractivity contribution in [1.82, 2.24) is 20.0 Å². The number of aliphatic hydroxyl groups is 1. The molecule has 1 amide bonds. The average Bonchev–Trinajstić information content (AvgIpc) is 2.75. The Bertz CT molecular complexity index is 606. The van der Waals surface area contributed by atoms with Crippen molar-refractivity contribution in [3.8, 4) is 0 Å². The van der Waals surface area contributed by atoms with Gasteiger partial charge in [0.05, 0.1) is 6.61 Å². The van der Waals surface area contributed by atoms with E-state index in [-0.39, 0.29) is 12.5 Å². The van der Waals surface area contributed by atoms with E-state index in [1.54, 1.807) is 0 Å². The number of hydrogen-bond acceptors (Lipinski definition) is 7. The lowest BCUT2D eigenvalue weighted by molar-refractivity contribution is -0.136. The number of carbonyl (C=O) groups is 1. The van der Waals surface area contributed by atoms with Crippen LogP contribution in [0.25, 0.3) is 0 Å². The van der Waals surface area contributed by atoms with Crippen LogP contribution >= 0.6 is 0 Å². The van der Waals surface area contributed by atoms with Crippen LogP contribution in [0.1, 0.15) is 26.7 Å². The third kappa shape index (κ3) is 4.91. The highest BCUT2D eigenvalue weighted by Gasteiger charge is 2.26. The average molecular weight is 391 g/mol. The maximum absolute atomic E-state index is 12.5. The van der Waals surface area contributed by atoms with Crippen molar-refractivity contribution in [3.63, 3.8) is 0 Å². The quantitative estimate of drug-likeness (QED) is 0.733. The molecule has 156 valence electrons. The van der Waals surface area contributed by atoms with E-state index in [1.807, 2.05) is 17.0 Å². The standard InChI is InChI=1S/C20H34N6O2/c1-3-17(4-2)20(28)26-13-11-25(12-14-26)19-6-5-18(21-22-19)24-9-7-23(8-10-24)15-16-27/h5-6,17,27H,3-4,7-16H2,1-2H3. The summed E-state index contributed by atoms with van der Waals surface area (Å²) in [5.74, 6) is 2.25. The maximum atomic E-state index is 12.5. The summed E-state index contributed by atoms with van der Waals surface area (Å²) in [6, 6.07) is 4.09. The first-order valence-electron chi connectivity index (χ1n) is 10.6. The van der Waals surface area contributed by atoms with Gasteiger partial charge in [0.1, 0.15) is 0 Å². The second kappa shape index (κ2) is 10.0. The van der Waals surface area contributed by atoms with Crippen molar-refractivity contribution in [1.29, 1.82) is 0 Å². The van der Waals surface area contributed by atoms with Gasteiger partial charge in [-0.25, -0.2) is 0 Å². The Morgan fingerprint density at radius 1 is 0.929 bits per heavy atom. The summed E-state index contributed by atoms with van der Waals surface area (Å²) in [6.07, 6.45) is 1.83. The largest absolute Gasteiger partial charge is 0.395 e. The molecule has 1 N–H and O–H groups in total. The molecule has 0 bridgehead atoms. The molecule has 2 aliphatic rings. The first-order chi connectivity index (χ1) is 13.7. The van der Waals surface area contributed by atoms with Crippen LogP contribution in [0.3, 0.4) is 0 Å². The molecule has 0 unspecified atom stereocenters. The summed E-state index contributed by atoms with van der Waals surface area (Å²) in [5.41, 5.74) is 0. The molecule has 8 heteroatoms. The van der Waals surface area contributed by atoms with Gasteiger partial charge in [0.2, 0.25) is 5.91 Å². The summed E-state index contributed by atoms with van der Waals surface area (Å²) >= 11 is 0. The summed E-state index contributed by atoms with van der Waals surface area (Å²) in [6.45, 7) is 12.0. The Morgan fingerprint density at radius 3 is 1.86 bits per heavy atom. The van der Waals surface area contributed by atoms with E-state index < -0.39 is 0 Å². The molecule has 0 spiro atoms. The van der Waals surface area contributed by atoms with Crippen LogP contribution in [0.15, 0.2) is 12.1 Å². The molecule has 1 aromatic rings. The SMILES string of the molecule is CCC(CC)C(=O)N1CCN(c2ccc(N3CCN(CCO)CC3)nn2)CC1. The minimum atomic E-state index is 0.156. The fraction of sp³-hybridized carbons (Fsp3) is 0.750. The number of β-amino-alcohol motifs (C(OH)–C–C–N with tert-alkyl or cyclic N) is 1. The van der Waals surface area contributed by atoms with E-state index >= 15 is 0 Å². The molecule has 1 aromatic heterocycles. The fourth-order valence-corrected chi connectivity index (χ4v) is 4.05. The van der Waals surface area contributed by atoms with Crippen LogP contribution in [-0.2, 0) is 4.79 Å². The predicted octanol–water partition coefficient (Wildman–Crippen LogP) is 0.676. The first kappa shape index (κ1) is 20.8. The van der Waals surface area contributed by atoms with Gasteiger partial charge in [-0.3, -0.25) is 9.69 Å². The first-order valence-corrected chi connectivity index (χ1v) is 10.6. The molecule has 2 fully saturated rings. The number of rotatable bonds is 7. The van der Waals surface area contributed by atoms with Gasteiger partial charge in [-0.1, -0.05) is 13.8 Å². The minimum absolute atomic E-state index is 0.156. The lowest BCUT2D eigenvalue weighted by Gasteiger charge is -2.37. The van der Waals surface area contributed by atoms with Crippen molar-refractivity contribution in [2.24, 2.45) is 5.92 Å². The lowest BCUT2D eigenvalue weighted by Crippen LogP contribution is -2.50. The summed E-state index contributed by atoms with van der Waals surface area (Å²) in [5, 5.41) is 17.9. The van der Waals surface area contributed by atoms with Crippen molar-refractivity contribution in [2.75, 3.05) is 75.3 Å². The van der Waals surface area contributed by atoms with Crippen molar-refractivity contribution < 1.29 is 9.90 Å². The molecule has 0 radical (unpaired) electrons. The smallest absolute Gasteiger partial charge is 0.225 e. The topological polar surface area (TPSA) is 76.0 Å². The second-order valence-electron chi connectivity index (χ2n) is 7.63. The molecule has 2 aliphatic heterocycles. The highest BCUT2D eigenvalue weighted by atomic mass is 16.3. The van der Waals surface area contributed by atoms with Crippen molar-refractivity contribution in [3.05, 3.63) is 12.1 Å². The molecule has 28 heavy (non-hydrogen) atoms. The number of carbonyl (C=O) groups excluding carboxylic acids is 1. The zero-order chi connectivity index (χ0) is 19.9. The molecular weight excluding hydrogens is 356 g/mol. The van der Waals surface area contributed by atoms with Gasteiger partial charge in [-0.15, -0.1) is 10.2 Å². The Hall–Kier alpha value is -1.93. The number of amides is 1.